The van der Waals surface area contributed by atoms with Crippen LogP contribution in [0.15, 0.2) is 0 Å². The lowest BCUT2D eigenvalue weighted by atomic mass is 9.63. The molecule has 0 unspecified atom stereocenters. The molecule has 0 radical (unpaired) electrons. The molecule has 80 valence electrons. The minimum atomic E-state index is -0.742. The molecular formula is C10H17NO3. The van der Waals surface area contributed by atoms with Gasteiger partial charge in [0, 0.05) is 12.8 Å². The van der Waals surface area contributed by atoms with Crippen molar-refractivity contribution in [2.75, 3.05) is 6.61 Å². The molecule has 2 N–H and O–H groups in total. The van der Waals surface area contributed by atoms with Crippen molar-refractivity contribution in [3.05, 3.63) is 0 Å². The van der Waals surface area contributed by atoms with Crippen LogP contribution < -0.4 is 5.73 Å². The highest BCUT2D eigenvalue weighted by Crippen LogP contribution is 2.59. The first-order valence-electron chi connectivity index (χ1n) is 5.02. The number of carbonyl (C=O) groups is 1. The Morgan fingerprint density at radius 2 is 2.07 bits per heavy atom. The van der Waals surface area contributed by atoms with Gasteiger partial charge in [0.1, 0.15) is 0 Å². The molecule has 0 amide bonds. The molecule has 0 aromatic rings. The molecule has 1 aliphatic carbocycles. The maximum absolute atomic E-state index is 11.6. The highest BCUT2D eigenvalue weighted by Gasteiger charge is 2.73. The molecule has 2 aliphatic heterocycles. The third-order valence-corrected chi connectivity index (χ3v) is 3.50. The van der Waals surface area contributed by atoms with Crippen molar-refractivity contribution in [1.29, 1.82) is 0 Å². The average Bonchev–Trinajstić information content (AvgIpc) is 2.31. The lowest BCUT2D eigenvalue weighted by molar-refractivity contribution is -0.173. The van der Waals surface area contributed by atoms with Crippen LogP contribution >= 0.6 is 0 Å². The first-order chi connectivity index (χ1) is 6.35. The third kappa shape index (κ3) is 0.982. The van der Waals surface area contributed by atoms with E-state index in [0.29, 0.717) is 19.4 Å². The first-order valence-corrected chi connectivity index (χ1v) is 5.02. The van der Waals surface area contributed by atoms with Crippen molar-refractivity contribution in [1.82, 2.24) is 0 Å². The molecular weight excluding hydrogens is 182 g/mol. The van der Waals surface area contributed by atoms with E-state index in [1.54, 1.807) is 6.92 Å². The molecule has 2 saturated heterocycles. The molecule has 0 spiro atoms. The van der Waals surface area contributed by atoms with Gasteiger partial charge in [-0.25, -0.2) is 4.79 Å². The quantitative estimate of drug-likeness (QED) is 0.661. The first kappa shape index (κ1) is 9.93. The molecule has 3 rings (SSSR count). The Labute approximate surface area is 83.7 Å². The Balaban J connectivity index is 2.16. The lowest BCUT2D eigenvalue weighted by Crippen LogP contribution is -2.62. The van der Waals surface area contributed by atoms with Crippen molar-refractivity contribution in [2.24, 2.45) is 5.73 Å². The number of hydrogen-bond donors (Lipinski definition) is 1. The van der Waals surface area contributed by atoms with Gasteiger partial charge in [-0.2, -0.15) is 0 Å². The predicted molar refractivity (Wildman–Crippen MR) is 50.7 cm³/mol. The van der Waals surface area contributed by atoms with Gasteiger partial charge in [-0.1, -0.05) is 0 Å². The van der Waals surface area contributed by atoms with Crippen LogP contribution in [-0.2, 0) is 14.3 Å². The largest absolute Gasteiger partial charge is 0.464 e. The molecule has 0 aromatic heterocycles. The molecule has 4 nitrogen and oxygen atoms in total. The van der Waals surface area contributed by atoms with Crippen LogP contribution in [0.5, 0.6) is 0 Å². The Bertz CT molecular complexity index is 276. The fourth-order valence-electron chi connectivity index (χ4n) is 2.50. The van der Waals surface area contributed by atoms with Crippen LogP contribution in [-0.4, -0.2) is 29.3 Å². The highest BCUT2D eigenvalue weighted by molar-refractivity contribution is 5.83. The second-order valence-corrected chi connectivity index (χ2v) is 4.84. The summed E-state index contributed by atoms with van der Waals surface area (Å²) >= 11 is 0. The molecule has 0 atom stereocenters. The Hall–Kier alpha value is -0.610. The number of rotatable bonds is 2. The van der Waals surface area contributed by atoms with Crippen molar-refractivity contribution in [3.63, 3.8) is 0 Å². The highest BCUT2D eigenvalue weighted by atomic mass is 16.6. The van der Waals surface area contributed by atoms with E-state index in [1.807, 2.05) is 13.8 Å². The molecule has 3 fully saturated rings. The van der Waals surface area contributed by atoms with Gasteiger partial charge in [-0.3, -0.25) is 0 Å². The fourth-order valence-corrected chi connectivity index (χ4v) is 2.50. The molecule has 0 aromatic carbocycles. The summed E-state index contributed by atoms with van der Waals surface area (Å²) in [7, 11) is 0. The maximum atomic E-state index is 11.6. The summed E-state index contributed by atoms with van der Waals surface area (Å²) in [6, 6.07) is 0. The Morgan fingerprint density at radius 1 is 1.50 bits per heavy atom. The van der Waals surface area contributed by atoms with E-state index < -0.39 is 11.2 Å². The van der Waals surface area contributed by atoms with Crippen molar-refractivity contribution in [2.45, 2.75) is 50.4 Å². The minimum absolute atomic E-state index is 0.258. The van der Waals surface area contributed by atoms with Crippen LogP contribution in [0.4, 0.5) is 0 Å². The zero-order valence-electron chi connectivity index (χ0n) is 8.92. The monoisotopic (exact) mass is 199 g/mol. The molecule has 4 heteroatoms. The number of carbonyl (C=O) groups excluding carboxylic acids is 1. The number of nitrogens with two attached hydrogens (primary N) is 1. The van der Waals surface area contributed by atoms with E-state index in [-0.39, 0.29) is 11.5 Å². The van der Waals surface area contributed by atoms with Crippen molar-refractivity contribution >= 4 is 5.97 Å². The van der Waals surface area contributed by atoms with Crippen LogP contribution in [0.25, 0.3) is 0 Å². The summed E-state index contributed by atoms with van der Waals surface area (Å²) < 4.78 is 10.7. The summed E-state index contributed by atoms with van der Waals surface area (Å²) in [6.45, 7) is 6.05. The molecule has 2 heterocycles. The minimum Gasteiger partial charge on any atom is -0.464 e. The van der Waals surface area contributed by atoms with Gasteiger partial charge in [0.15, 0.2) is 5.60 Å². The normalized spacial score (nSPS) is 43.1. The maximum Gasteiger partial charge on any atom is 0.338 e. The topological polar surface area (TPSA) is 61.5 Å². The van der Waals surface area contributed by atoms with Crippen LogP contribution in [0.3, 0.4) is 0 Å². The molecule has 3 aliphatic rings. The summed E-state index contributed by atoms with van der Waals surface area (Å²) in [5, 5.41) is 0. The summed E-state index contributed by atoms with van der Waals surface area (Å²) in [5.74, 6) is -0.258. The van der Waals surface area contributed by atoms with Crippen LogP contribution in [0.2, 0.25) is 0 Å². The number of hydrogen-bond acceptors (Lipinski definition) is 4. The second-order valence-electron chi connectivity index (χ2n) is 4.84. The van der Waals surface area contributed by atoms with Crippen molar-refractivity contribution in [3.8, 4) is 0 Å². The van der Waals surface area contributed by atoms with E-state index >= 15 is 0 Å². The number of ether oxygens (including phenoxy) is 2. The van der Waals surface area contributed by atoms with Gasteiger partial charge in [-0.15, -0.1) is 0 Å². The Morgan fingerprint density at radius 3 is 2.43 bits per heavy atom. The standard InChI is InChI=1S/C10H17NO3/c1-4-13-7(12)9-5-10(11,6-9)8(2,3)14-9/h4-6,11H2,1-3H3. The number of fused-ring (bicyclic) bond motifs is 1. The van der Waals surface area contributed by atoms with E-state index in [9.17, 15) is 4.79 Å². The summed E-state index contributed by atoms with van der Waals surface area (Å²) in [6.07, 6.45) is 1.18. The molecule has 2 bridgehead atoms. The average molecular weight is 199 g/mol. The Kier molecular flexibility index (Phi) is 1.77. The van der Waals surface area contributed by atoms with Gasteiger partial charge < -0.3 is 15.2 Å². The SMILES string of the molecule is CCOC(=O)C12CC(N)(C1)C(C)(C)O2. The predicted octanol–water partition coefficient (Wildman–Crippen LogP) is 0.588. The third-order valence-electron chi connectivity index (χ3n) is 3.50. The van der Waals surface area contributed by atoms with Gasteiger partial charge >= 0.3 is 5.97 Å². The summed E-state index contributed by atoms with van der Waals surface area (Å²) in [5.41, 5.74) is 4.60. The van der Waals surface area contributed by atoms with Gasteiger partial charge in [0.25, 0.3) is 0 Å². The van der Waals surface area contributed by atoms with Gasteiger partial charge in [0.05, 0.1) is 17.7 Å². The smallest absolute Gasteiger partial charge is 0.338 e. The van der Waals surface area contributed by atoms with E-state index in [2.05, 4.69) is 0 Å². The van der Waals surface area contributed by atoms with Crippen LogP contribution in [0.1, 0.15) is 33.6 Å². The zero-order chi connectivity index (χ0) is 10.6. The summed E-state index contributed by atoms with van der Waals surface area (Å²) in [4.78, 5) is 11.6. The van der Waals surface area contributed by atoms with Gasteiger partial charge in [0.2, 0.25) is 0 Å². The lowest BCUT2D eigenvalue weighted by Gasteiger charge is -2.42. The van der Waals surface area contributed by atoms with E-state index in [1.165, 1.54) is 0 Å². The number of esters is 1. The second kappa shape index (κ2) is 2.49. The van der Waals surface area contributed by atoms with Crippen molar-refractivity contribution < 1.29 is 14.3 Å². The fraction of sp³-hybridized carbons (Fsp3) is 0.900. The van der Waals surface area contributed by atoms with Crippen LogP contribution in [0, 0.1) is 0 Å². The van der Waals surface area contributed by atoms with E-state index in [4.69, 9.17) is 15.2 Å². The van der Waals surface area contributed by atoms with E-state index in [0.717, 1.165) is 0 Å². The molecule has 1 saturated carbocycles. The van der Waals surface area contributed by atoms with Gasteiger partial charge in [-0.05, 0) is 20.8 Å². The zero-order valence-corrected chi connectivity index (χ0v) is 8.92. The molecule has 14 heavy (non-hydrogen) atoms.